The van der Waals surface area contributed by atoms with Gasteiger partial charge in [-0.3, -0.25) is 0 Å². The van der Waals surface area contributed by atoms with E-state index in [1.165, 1.54) is 87.8 Å². The molecule has 0 fully saturated rings. The van der Waals surface area contributed by atoms with Gasteiger partial charge >= 0.3 is 0 Å². The molecule has 0 saturated heterocycles. The van der Waals surface area contributed by atoms with Crippen LogP contribution >= 0.6 is 23.5 Å². The second-order valence-electron chi connectivity index (χ2n) is 15.6. The fourth-order valence-corrected chi connectivity index (χ4v) is 9.11. The van der Waals surface area contributed by atoms with E-state index in [0.717, 1.165) is 22.1 Å². The van der Waals surface area contributed by atoms with Crippen molar-refractivity contribution in [2.75, 3.05) is 78.3 Å². The molecule has 12 heteroatoms. The van der Waals surface area contributed by atoms with Crippen molar-refractivity contribution in [3.8, 4) is 0 Å². The first-order chi connectivity index (χ1) is 25.6. The molecule has 6 rings (SSSR count). The molecule has 0 aliphatic carbocycles. The second-order valence-corrected chi connectivity index (χ2v) is 17.7. The van der Waals surface area contributed by atoms with Gasteiger partial charge in [-0.05, 0) is 47.5 Å². The molecule has 0 amide bonds. The molecule has 2 aromatic carbocycles. The van der Waals surface area contributed by atoms with Gasteiger partial charge in [0.25, 0.3) is 0 Å². The highest BCUT2D eigenvalue weighted by Crippen LogP contribution is 2.45. The smallest absolute Gasteiger partial charge is 0.169 e. The van der Waals surface area contributed by atoms with Crippen LogP contribution in [0, 0.1) is 0 Å². The molecule has 0 unspecified atom stereocenters. The number of quaternary nitrogens is 2. The number of hydrogen-bond donors (Lipinski definition) is 0. The minimum Gasteiger partial charge on any atom is -1.00 e. The van der Waals surface area contributed by atoms with E-state index in [2.05, 4.69) is 195 Å². The van der Waals surface area contributed by atoms with Gasteiger partial charge in [0.2, 0.25) is 0 Å². The zero-order chi connectivity index (χ0) is 37.3. The van der Waals surface area contributed by atoms with Crippen LogP contribution in [0.1, 0.15) is 30.4 Å². The largest absolute Gasteiger partial charge is 1.00 e. The number of aromatic nitrogens is 2. The third-order valence-corrected chi connectivity index (χ3v) is 12.7. The van der Waals surface area contributed by atoms with Crippen molar-refractivity contribution in [1.82, 2.24) is 0 Å². The number of thioether (sulfide) groups is 2. The van der Waals surface area contributed by atoms with Gasteiger partial charge in [-0.1, -0.05) is 72.1 Å². The lowest BCUT2D eigenvalue weighted by atomic mass is 10.2. The molecule has 4 aromatic rings. The first-order valence-electron chi connectivity index (χ1n) is 19.0. The van der Waals surface area contributed by atoms with Crippen LogP contribution in [0.15, 0.2) is 142 Å². The standard InChI is InChI=1S/C45H58N6S2.4HI/c1-46-40-18-7-9-20-42(40)52-44(46)22-11-16-38-24-30-48(31-25-38)28-13-34-50(3,4)36-15-37-51(5,6)35-14-29-49-32-26-39(27-33-49)17-12-23-45-47(2)41-19-8-10-21-43(41)53-45;;;;/h7-12,16-27,30-33H,13-15,28-29,34-37H2,1-6H3;4*1H/q+4;;;;/p-4. The molecule has 0 saturated carbocycles. The van der Waals surface area contributed by atoms with E-state index in [1.807, 2.05) is 23.5 Å². The van der Waals surface area contributed by atoms with Gasteiger partial charge < -0.3 is 115 Å². The number of aryl methyl sites for hydroxylation is 2. The Balaban J connectivity index is 0.00000280. The molecule has 0 atom stereocenters. The Morgan fingerprint density at radius 2 is 0.860 bits per heavy atom. The minimum absolute atomic E-state index is 0. The summed E-state index contributed by atoms with van der Waals surface area (Å²) in [6, 6.07) is 26.0. The van der Waals surface area contributed by atoms with E-state index < -0.39 is 0 Å². The summed E-state index contributed by atoms with van der Waals surface area (Å²) in [5.41, 5.74) is 5.02. The van der Waals surface area contributed by atoms with Crippen LogP contribution in [-0.4, -0.2) is 77.4 Å². The molecule has 0 bridgehead atoms. The molecule has 2 aliphatic heterocycles. The van der Waals surface area contributed by atoms with Crippen LogP contribution in [0.2, 0.25) is 0 Å². The lowest BCUT2D eigenvalue weighted by Gasteiger charge is -2.33. The Bertz CT molecular complexity index is 1820. The zero-order valence-electron chi connectivity index (χ0n) is 34.1. The Labute approximate surface area is 419 Å². The Morgan fingerprint density at radius 3 is 1.23 bits per heavy atom. The quantitative estimate of drug-likeness (QED) is 0.0658. The van der Waals surface area contributed by atoms with Crippen LogP contribution in [0.4, 0.5) is 11.4 Å². The van der Waals surface area contributed by atoms with Crippen LogP contribution in [0.3, 0.4) is 0 Å². The van der Waals surface area contributed by atoms with Crippen LogP contribution in [-0.2, 0) is 13.1 Å². The highest BCUT2D eigenvalue weighted by atomic mass is 127. The number of para-hydroxylation sites is 2. The molecule has 6 nitrogen and oxygen atoms in total. The van der Waals surface area contributed by atoms with Crippen molar-refractivity contribution in [3.05, 3.63) is 143 Å². The average Bonchev–Trinajstić information content (AvgIpc) is 3.64. The first-order valence-corrected chi connectivity index (χ1v) is 20.6. The lowest BCUT2D eigenvalue weighted by Crippen LogP contribution is -3.00. The van der Waals surface area contributed by atoms with E-state index in [-0.39, 0.29) is 95.9 Å². The van der Waals surface area contributed by atoms with E-state index in [9.17, 15) is 0 Å². The van der Waals surface area contributed by atoms with Gasteiger partial charge in [0.1, 0.15) is 0 Å². The van der Waals surface area contributed by atoms with Crippen molar-refractivity contribution < 1.29 is 114 Å². The van der Waals surface area contributed by atoms with Crippen molar-refractivity contribution in [2.24, 2.45) is 0 Å². The van der Waals surface area contributed by atoms with Gasteiger partial charge in [-0.2, -0.15) is 0 Å². The number of pyridine rings is 2. The highest BCUT2D eigenvalue weighted by Gasteiger charge is 2.23. The summed E-state index contributed by atoms with van der Waals surface area (Å²) in [5, 5.41) is 2.51. The normalized spacial score (nSPS) is 15.0. The Morgan fingerprint density at radius 1 is 0.509 bits per heavy atom. The van der Waals surface area contributed by atoms with Crippen molar-refractivity contribution in [3.63, 3.8) is 0 Å². The number of rotatable bonds is 16. The van der Waals surface area contributed by atoms with E-state index in [0.29, 0.717) is 0 Å². The molecule has 4 heterocycles. The van der Waals surface area contributed by atoms with Gasteiger partial charge in [0.05, 0.1) is 88.6 Å². The van der Waals surface area contributed by atoms with Crippen molar-refractivity contribution >= 4 is 47.1 Å². The lowest BCUT2D eigenvalue weighted by molar-refractivity contribution is -0.911. The van der Waals surface area contributed by atoms with E-state index in [1.54, 1.807) is 0 Å². The number of fused-ring (bicyclic) bond motifs is 2. The van der Waals surface area contributed by atoms with Crippen LogP contribution in [0.5, 0.6) is 0 Å². The fraction of sp³-hybridized carbons (Fsp3) is 0.333. The number of halogens is 4. The molecular weight excluding hydrogens is 1200 g/mol. The summed E-state index contributed by atoms with van der Waals surface area (Å²) in [4.78, 5) is 7.16. The monoisotopic (exact) mass is 1250 g/mol. The number of hydrogen-bond acceptors (Lipinski definition) is 4. The number of nitrogens with zero attached hydrogens (tertiary/aromatic N) is 6. The molecular formula is C45H58I4N6S2. The molecule has 0 N–H and O–H groups in total. The summed E-state index contributed by atoms with van der Waals surface area (Å²) in [5.74, 6) is 0. The molecule has 2 aromatic heterocycles. The Kier molecular flexibility index (Phi) is 22.7. The summed E-state index contributed by atoms with van der Waals surface area (Å²) >= 11 is 3.66. The fourth-order valence-electron chi connectivity index (χ4n) is 6.99. The Hall–Kier alpha value is -1.16. The van der Waals surface area contributed by atoms with Gasteiger partial charge in [0, 0.05) is 54.6 Å². The highest BCUT2D eigenvalue weighted by molar-refractivity contribution is 8.04. The van der Waals surface area contributed by atoms with Crippen molar-refractivity contribution in [1.29, 1.82) is 0 Å². The van der Waals surface area contributed by atoms with Gasteiger partial charge in [-0.25, -0.2) is 9.13 Å². The minimum atomic E-state index is 0. The maximum absolute atomic E-state index is 2.39. The number of allylic oxidation sites excluding steroid dienone is 4. The zero-order valence-corrected chi connectivity index (χ0v) is 44.3. The topological polar surface area (TPSA) is 14.2 Å². The molecule has 2 aliphatic rings. The molecule has 57 heavy (non-hydrogen) atoms. The number of anilines is 2. The molecule has 308 valence electrons. The second kappa shape index (κ2) is 24.9. The maximum atomic E-state index is 2.39. The third-order valence-electron chi connectivity index (χ3n) is 10.3. The number of benzene rings is 2. The van der Waals surface area contributed by atoms with Crippen LogP contribution < -0.4 is 115 Å². The average molecular weight is 1250 g/mol. The van der Waals surface area contributed by atoms with Gasteiger partial charge in [0.15, 0.2) is 37.9 Å². The van der Waals surface area contributed by atoms with E-state index in [4.69, 9.17) is 0 Å². The first kappa shape index (κ1) is 52.0. The SMILES string of the molecule is CN1/C(=C/C=C/c2cc[n+](CCC[N+](C)(C)CCC[N+](C)(C)CCC[n+]3ccc(/C=C/C=C4\Sc5ccccc5N4C)cc3)cc2)Sc2ccccc21.[I-].[I-].[I-].[I-]. The predicted molar refractivity (Wildman–Crippen MR) is 226 cm³/mol. The van der Waals surface area contributed by atoms with E-state index >= 15 is 0 Å². The molecule has 0 spiro atoms. The van der Waals surface area contributed by atoms with Gasteiger partial charge in [-0.15, -0.1) is 0 Å². The maximum Gasteiger partial charge on any atom is 0.169 e. The van der Waals surface area contributed by atoms with Crippen LogP contribution in [0.25, 0.3) is 12.2 Å². The summed E-state index contributed by atoms with van der Waals surface area (Å²) in [7, 11) is 13.8. The third kappa shape index (κ3) is 15.7. The predicted octanol–water partition coefficient (Wildman–Crippen LogP) is -3.51. The van der Waals surface area contributed by atoms with Crippen molar-refractivity contribution in [2.45, 2.75) is 42.1 Å². The summed E-state index contributed by atoms with van der Waals surface area (Å²) in [6.45, 7) is 6.91. The molecule has 0 radical (unpaired) electrons. The summed E-state index contributed by atoms with van der Waals surface area (Å²) in [6.07, 6.45) is 25.6. The summed E-state index contributed by atoms with van der Waals surface area (Å²) < 4.78 is 6.79.